The first kappa shape index (κ1) is 8.07. The Labute approximate surface area is 75.2 Å². The van der Waals surface area contributed by atoms with Crippen LogP contribution in [0.3, 0.4) is 0 Å². The summed E-state index contributed by atoms with van der Waals surface area (Å²) in [5.74, 6) is 0. The fraction of sp³-hybridized carbons (Fsp3) is 0.714. The Morgan fingerprint density at radius 1 is 1.38 bits per heavy atom. The van der Waals surface area contributed by atoms with Gasteiger partial charge in [-0.3, -0.25) is 0 Å². The Hall–Kier alpha value is -1.55. The fourth-order valence-electron chi connectivity index (χ4n) is 1.74. The summed E-state index contributed by atoms with van der Waals surface area (Å²) in [4.78, 5) is 4.51. The van der Waals surface area contributed by atoms with Crippen LogP contribution in [0.1, 0.15) is 25.3 Å². The zero-order valence-electron chi connectivity index (χ0n) is 7.11. The van der Waals surface area contributed by atoms with Crippen LogP contribution in [0.4, 0.5) is 0 Å². The topological polar surface area (TPSA) is 79.5 Å². The maximum absolute atomic E-state index is 8.26. The van der Waals surface area contributed by atoms with E-state index in [2.05, 4.69) is 20.2 Å². The van der Waals surface area contributed by atoms with E-state index in [1.54, 1.807) is 17.2 Å². The van der Waals surface area contributed by atoms with E-state index in [0.717, 1.165) is 19.3 Å². The molecule has 1 saturated carbocycles. The predicted octanol–water partition coefficient (Wildman–Crippen LogP) is 1.68. The highest BCUT2D eigenvalue weighted by Crippen LogP contribution is 2.30. The van der Waals surface area contributed by atoms with Gasteiger partial charge in [-0.2, -0.15) is 15.0 Å². The Morgan fingerprint density at radius 3 is 2.85 bits per heavy atom. The molecule has 1 heterocycles. The number of hydrogen-bond acceptors (Lipinski definition) is 3. The second-order valence-electron chi connectivity index (χ2n) is 3.18. The van der Waals surface area contributed by atoms with Crippen LogP contribution in [0, 0.1) is 0 Å². The molecule has 1 aliphatic carbocycles. The highest BCUT2D eigenvalue weighted by atomic mass is 15.5. The minimum Gasteiger partial charge on any atom is -0.182 e. The number of aromatic nitrogens is 3. The highest BCUT2D eigenvalue weighted by Gasteiger charge is 2.25. The minimum absolute atomic E-state index is 0.126. The molecule has 68 valence electrons. The third kappa shape index (κ3) is 1.62. The third-order valence-corrected chi connectivity index (χ3v) is 2.36. The van der Waals surface area contributed by atoms with Gasteiger partial charge in [0.05, 0.1) is 18.4 Å². The molecule has 0 bridgehead atoms. The average molecular weight is 178 g/mol. The summed E-state index contributed by atoms with van der Waals surface area (Å²) in [6.45, 7) is 0. The summed E-state index contributed by atoms with van der Waals surface area (Å²) in [6, 6.07) is 0.437. The van der Waals surface area contributed by atoms with Crippen molar-refractivity contribution in [2.45, 2.75) is 31.3 Å². The molecule has 2 unspecified atom stereocenters. The van der Waals surface area contributed by atoms with Crippen LogP contribution in [0.2, 0.25) is 0 Å². The zero-order chi connectivity index (χ0) is 9.10. The molecule has 6 heteroatoms. The van der Waals surface area contributed by atoms with E-state index in [1.807, 2.05) is 0 Å². The lowest BCUT2D eigenvalue weighted by atomic mass is 10.2. The van der Waals surface area contributed by atoms with Gasteiger partial charge >= 0.3 is 0 Å². The van der Waals surface area contributed by atoms with Crippen molar-refractivity contribution in [2.75, 3.05) is 0 Å². The molecule has 1 aromatic heterocycles. The summed E-state index contributed by atoms with van der Waals surface area (Å²) in [5.41, 5.74) is 8.26. The standard InChI is InChI=1S/C7H10N6/c8-12-11-6-1-2-7(5-6)13-9-3-4-10-13/h3-4,6-7H,1-2,5H2. The summed E-state index contributed by atoms with van der Waals surface area (Å²) in [5, 5.41) is 11.8. The van der Waals surface area contributed by atoms with Gasteiger partial charge in [0.15, 0.2) is 0 Å². The van der Waals surface area contributed by atoms with E-state index >= 15 is 0 Å². The van der Waals surface area contributed by atoms with Crippen LogP contribution in [0.25, 0.3) is 10.4 Å². The average Bonchev–Trinajstić information content (AvgIpc) is 2.70. The van der Waals surface area contributed by atoms with Crippen molar-refractivity contribution in [1.29, 1.82) is 0 Å². The lowest BCUT2D eigenvalue weighted by molar-refractivity contribution is 0.409. The van der Waals surface area contributed by atoms with Crippen molar-refractivity contribution in [3.05, 3.63) is 22.8 Å². The monoisotopic (exact) mass is 178 g/mol. The lowest BCUT2D eigenvalue weighted by Gasteiger charge is -2.06. The molecule has 6 nitrogen and oxygen atoms in total. The molecule has 0 aliphatic heterocycles. The molecule has 1 aromatic rings. The van der Waals surface area contributed by atoms with E-state index in [0.29, 0.717) is 6.04 Å². The Morgan fingerprint density at radius 2 is 2.15 bits per heavy atom. The first-order valence-corrected chi connectivity index (χ1v) is 4.30. The second-order valence-corrected chi connectivity index (χ2v) is 3.18. The molecular formula is C7H10N6. The van der Waals surface area contributed by atoms with Crippen LogP contribution < -0.4 is 0 Å². The van der Waals surface area contributed by atoms with Crippen LogP contribution in [-0.4, -0.2) is 21.0 Å². The molecule has 0 saturated heterocycles. The zero-order valence-corrected chi connectivity index (χ0v) is 7.11. The maximum Gasteiger partial charge on any atom is 0.0720 e. The quantitative estimate of drug-likeness (QED) is 0.392. The van der Waals surface area contributed by atoms with E-state index < -0.39 is 0 Å². The van der Waals surface area contributed by atoms with E-state index in [9.17, 15) is 0 Å². The fourth-order valence-corrected chi connectivity index (χ4v) is 1.74. The van der Waals surface area contributed by atoms with Gasteiger partial charge in [-0.1, -0.05) is 5.11 Å². The van der Waals surface area contributed by atoms with E-state index in [4.69, 9.17) is 5.53 Å². The van der Waals surface area contributed by atoms with Crippen LogP contribution >= 0.6 is 0 Å². The molecule has 0 spiro atoms. The first-order chi connectivity index (χ1) is 6.40. The van der Waals surface area contributed by atoms with Crippen molar-refractivity contribution in [1.82, 2.24) is 15.0 Å². The van der Waals surface area contributed by atoms with E-state index in [1.165, 1.54) is 0 Å². The normalized spacial score (nSPS) is 27.1. The van der Waals surface area contributed by atoms with Crippen molar-refractivity contribution < 1.29 is 0 Å². The Bertz CT molecular complexity index is 312. The van der Waals surface area contributed by atoms with Gasteiger partial charge in [-0.15, -0.1) is 0 Å². The van der Waals surface area contributed by atoms with Gasteiger partial charge in [0.2, 0.25) is 0 Å². The summed E-state index contributed by atoms with van der Waals surface area (Å²) >= 11 is 0. The van der Waals surface area contributed by atoms with Gasteiger partial charge < -0.3 is 0 Å². The highest BCUT2D eigenvalue weighted by molar-refractivity contribution is 4.83. The van der Waals surface area contributed by atoms with Gasteiger partial charge in [0, 0.05) is 11.0 Å². The van der Waals surface area contributed by atoms with Crippen molar-refractivity contribution in [3.63, 3.8) is 0 Å². The van der Waals surface area contributed by atoms with Crippen molar-refractivity contribution >= 4 is 0 Å². The molecule has 0 amide bonds. The lowest BCUT2D eigenvalue weighted by Crippen LogP contribution is -2.09. The number of hydrogen-bond donors (Lipinski definition) is 0. The van der Waals surface area contributed by atoms with Gasteiger partial charge in [-0.05, 0) is 24.8 Å². The Kier molecular flexibility index (Phi) is 2.14. The predicted molar refractivity (Wildman–Crippen MR) is 45.8 cm³/mol. The first-order valence-electron chi connectivity index (χ1n) is 4.30. The number of nitrogens with zero attached hydrogens (tertiary/aromatic N) is 6. The molecule has 0 aromatic carbocycles. The van der Waals surface area contributed by atoms with Crippen molar-refractivity contribution in [3.8, 4) is 0 Å². The smallest absolute Gasteiger partial charge is 0.0720 e. The van der Waals surface area contributed by atoms with Gasteiger partial charge in [0.25, 0.3) is 0 Å². The van der Waals surface area contributed by atoms with Gasteiger partial charge in [0.1, 0.15) is 0 Å². The molecule has 13 heavy (non-hydrogen) atoms. The third-order valence-electron chi connectivity index (χ3n) is 2.36. The van der Waals surface area contributed by atoms with Gasteiger partial charge in [-0.25, -0.2) is 0 Å². The number of azide groups is 1. The summed E-state index contributed by atoms with van der Waals surface area (Å²) in [6.07, 6.45) is 6.13. The molecule has 1 fully saturated rings. The van der Waals surface area contributed by atoms with E-state index in [-0.39, 0.29) is 6.04 Å². The SMILES string of the molecule is [N-]=[N+]=NC1CCC(n2nccn2)C1. The molecule has 1 aliphatic rings. The molecule has 0 radical (unpaired) electrons. The van der Waals surface area contributed by atoms with Crippen LogP contribution in [0.15, 0.2) is 17.5 Å². The molecule has 2 atom stereocenters. The van der Waals surface area contributed by atoms with Crippen LogP contribution in [0.5, 0.6) is 0 Å². The second kappa shape index (κ2) is 3.45. The summed E-state index contributed by atoms with van der Waals surface area (Å²) < 4.78 is 0. The molecule has 0 N–H and O–H groups in total. The molecular weight excluding hydrogens is 168 g/mol. The summed E-state index contributed by atoms with van der Waals surface area (Å²) in [7, 11) is 0. The largest absolute Gasteiger partial charge is 0.182 e. The molecule has 2 rings (SSSR count). The number of rotatable bonds is 2. The van der Waals surface area contributed by atoms with Crippen molar-refractivity contribution in [2.24, 2.45) is 5.11 Å². The minimum atomic E-state index is 0.126. The maximum atomic E-state index is 8.26. The Balaban J connectivity index is 2.03. The van der Waals surface area contributed by atoms with Crippen LogP contribution in [-0.2, 0) is 0 Å².